The van der Waals surface area contributed by atoms with Crippen molar-refractivity contribution in [2.24, 2.45) is 0 Å². The third-order valence-electron chi connectivity index (χ3n) is 5.16. The Morgan fingerprint density at radius 2 is 1.71 bits per heavy atom. The highest BCUT2D eigenvalue weighted by atomic mass is 16.5. The van der Waals surface area contributed by atoms with Crippen molar-refractivity contribution < 1.29 is 4.74 Å². The first-order valence-corrected chi connectivity index (χ1v) is 9.82. The number of morpholine rings is 1. The number of H-pyrrole nitrogens is 1. The van der Waals surface area contributed by atoms with E-state index in [-0.39, 0.29) is 0 Å². The lowest BCUT2D eigenvalue weighted by Crippen LogP contribution is -2.36. The third-order valence-corrected chi connectivity index (χ3v) is 5.16. The summed E-state index contributed by atoms with van der Waals surface area (Å²) < 4.78 is 5.42. The van der Waals surface area contributed by atoms with E-state index in [0.717, 1.165) is 49.3 Å². The molecule has 0 atom stereocenters. The van der Waals surface area contributed by atoms with E-state index >= 15 is 0 Å². The molecule has 28 heavy (non-hydrogen) atoms. The van der Waals surface area contributed by atoms with Crippen molar-refractivity contribution in [2.45, 2.75) is 18.8 Å². The summed E-state index contributed by atoms with van der Waals surface area (Å²) in [6.07, 6.45) is 4.31. The summed E-state index contributed by atoms with van der Waals surface area (Å²) in [5.41, 5.74) is 4.41. The molecule has 7 heteroatoms. The Morgan fingerprint density at radius 3 is 2.50 bits per heavy atom. The Balaban J connectivity index is 1.24. The average molecular weight is 376 g/mol. The van der Waals surface area contributed by atoms with Gasteiger partial charge < -0.3 is 20.3 Å². The van der Waals surface area contributed by atoms with Gasteiger partial charge in [-0.3, -0.25) is 5.10 Å². The zero-order valence-corrected chi connectivity index (χ0v) is 15.7. The van der Waals surface area contributed by atoms with Crippen molar-refractivity contribution in [2.75, 3.05) is 41.8 Å². The SMILES string of the molecule is c1cc(Nc2cc(C3CC3)[nH]n2)cc(Nc2ccc(N3CCOCC3)cc2)n1. The standard InChI is InChI=1S/C21H24N6O/c1-2-15(1)19-14-21(26-25-19)24-17-7-8-22-20(13-17)23-16-3-5-18(6-4-16)27-9-11-28-12-10-27/h3-8,13-15H,1-2,9-12H2,(H3,22,23,24,25,26). The zero-order chi connectivity index (χ0) is 18.8. The van der Waals surface area contributed by atoms with Gasteiger partial charge in [-0.1, -0.05) is 0 Å². The maximum Gasteiger partial charge on any atom is 0.152 e. The summed E-state index contributed by atoms with van der Waals surface area (Å²) in [5.74, 6) is 2.30. The predicted molar refractivity (Wildman–Crippen MR) is 111 cm³/mol. The molecule has 144 valence electrons. The number of anilines is 5. The van der Waals surface area contributed by atoms with E-state index in [4.69, 9.17) is 4.74 Å². The van der Waals surface area contributed by atoms with Crippen molar-refractivity contribution in [3.63, 3.8) is 0 Å². The highest BCUT2D eigenvalue weighted by Gasteiger charge is 2.25. The van der Waals surface area contributed by atoms with Gasteiger partial charge in [0, 0.05) is 60.1 Å². The van der Waals surface area contributed by atoms with Crippen LogP contribution in [0.2, 0.25) is 0 Å². The van der Waals surface area contributed by atoms with Crippen LogP contribution in [0.3, 0.4) is 0 Å². The fraction of sp³-hybridized carbons (Fsp3) is 0.333. The van der Waals surface area contributed by atoms with E-state index in [0.29, 0.717) is 5.92 Å². The van der Waals surface area contributed by atoms with Gasteiger partial charge in [0.05, 0.1) is 13.2 Å². The maximum atomic E-state index is 5.42. The number of nitrogens with zero attached hydrogens (tertiary/aromatic N) is 3. The molecular formula is C21H24N6O. The fourth-order valence-electron chi connectivity index (χ4n) is 3.45. The summed E-state index contributed by atoms with van der Waals surface area (Å²) >= 11 is 0. The molecule has 3 aromatic rings. The van der Waals surface area contributed by atoms with Crippen LogP contribution < -0.4 is 15.5 Å². The highest BCUT2D eigenvalue weighted by Crippen LogP contribution is 2.39. The molecular weight excluding hydrogens is 352 g/mol. The Morgan fingerprint density at radius 1 is 0.929 bits per heavy atom. The molecule has 0 amide bonds. The van der Waals surface area contributed by atoms with Crippen molar-refractivity contribution in [1.29, 1.82) is 0 Å². The van der Waals surface area contributed by atoms with Crippen molar-refractivity contribution in [3.8, 4) is 0 Å². The topological polar surface area (TPSA) is 78.1 Å². The molecule has 2 fully saturated rings. The molecule has 3 N–H and O–H groups in total. The highest BCUT2D eigenvalue weighted by molar-refractivity contribution is 5.65. The van der Waals surface area contributed by atoms with Crippen LogP contribution in [0.15, 0.2) is 48.7 Å². The Bertz CT molecular complexity index is 928. The Kier molecular flexibility index (Phi) is 4.58. The minimum atomic E-state index is 0.665. The molecule has 0 spiro atoms. The zero-order valence-electron chi connectivity index (χ0n) is 15.7. The van der Waals surface area contributed by atoms with Crippen LogP contribution in [0.4, 0.5) is 28.7 Å². The van der Waals surface area contributed by atoms with E-state index in [2.05, 4.69) is 61.0 Å². The number of pyridine rings is 1. The van der Waals surface area contributed by atoms with Crippen LogP contribution in [0, 0.1) is 0 Å². The molecule has 3 heterocycles. The lowest BCUT2D eigenvalue weighted by atomic mass is 10.2. The molecule has 5 rings (SSSR count). The monoisotopic (exact) mass is 376 g/mol. The van der Waals surface area contributed by atoms with E-state index in [1.165, 1.54) is 24.2 Å². The molecule has 0 unspecified atom stereocenters. The summed E-state index contributed by atoms with van der Waals surface area (Å²) in [6, 6.07) is 14.5. The first kappa shape index (κ1) is 17.1. The predicted octanol–water partition coefficient (Wildman–Crippen LogP) is 4.01. The lowest BCUT2D eigenvalue weighted by molar-refractivity contribution is 0.122. The number of aromatic amines is 1. The molecule has 2 aromatic heterocycles. The average Bonchev–Trinajstić information content (AvgIpc) is 3.49. The van der Waals surface area contributed by atoms with Gasteiger partial charge in [0.2, 0.25) is 0 Å². The molecule has 0 bridgehead atoms. The molecule has 1 aliphatic carbocycles. The Labute approximate surface area is 164 Å². The molecule has 2 aliphatic rings. The summed E-state index contributed by atoms with van der Waals surface area (Å²) in [7, 11) is 0. The minimum absolute atomic E-state index is 0.665. The lowest BCUT2D eigenvalue weighted by Gasteiger charge is -2.28. The smallest absolute Gasteiger partial charge is 0.152 e. The summed E-state index contributed by atoms with van der Waals surface area (Å²) in [6.45, 7) is 3.47. The fourth-order valence-corrected chi connectivity index (χ4v) is 3.45. The van der Waals surface area contributed by atoms with Crippen LogP contribution in [-0.2, 0) is 4.74 Å². The number of hydrogen-bond acceptors (Lipinski definition) is 6. The van der Waals surface area contributed by atoms with Gasteiger partial charge in [-0.15, -0.1) is 0 Å². The largest absolute Gasteiger partial charge is 0.378 e. The van der Waals surface area contributed by atoms with Crippen molar-refractivity contribution in [3.05, 3.63) is 54.4 Å². The van der Waals surface area contributed by atoms with Crippen molar-refractivity contribution >= 4 is 28.7 Å². The number of benzene rings is 1. The van der Waals surface area contributed by atoms with Gasteiger partial charge in [-0.05, 0) is 43.2 Å². The van der Waals surface area contributed by atoms with Gasteiger partial charge in [0.1, 0.15) is 5.82 Å². The van der Waals surface area contributed by atoms with E-state index < -0.39 is 0 Å². The number of rotatable bonds is 6. The van der Waals surface area contributed by atoms with Crippen LogP contribution in [-0.4, -0.2) is 41.5 Å². The molecule has 7 nitrogen and oxygen atoms in total. The van der Waals surface area contributed by atoms with Gasteiger partial charge in [0.25, 0.3) is 0 Å². The van der Waals surface area contributed by atoms with E-state index in [1.807, 2.05) is 12.1 Å². The quantitative estimate of drug-likeness (QED) is 0.603. The van der Waals surface area contributed by atoms with Gasteiger partial charge in [-0.25, -0.2) is 4.98 Å². The van der Waals surface area contributed by atoms with Crippen LogP contribution in [0.5, 0.6) is 0 Å². The third kappa shape index (κ3) is 3.94. The van der Waals surface area contributed by atoms with Crippen LogP contribution >= 0.6 is 0 Å². The van der Waals surface area contributed by atoms with E-state index in [1.54, 1.807) is 6.20 Å². The second kappa shape index (κ2) is 7.52. The van der Waals surface area contributed by atoms with E-state index in [9.17, 15) is 0 Å². The van der Waals surface area contributed by atoms with Gasteiger partial charge in [0.15, 0.2) is 5.82 Å². The van der Waals surface area contributed by atoms with Crippen LogP contribution in [0.25, 0.3) is 0 Å². The second-order valence-corrected chi connectivity index (χ2v) is 7.31. The van der Waals surface area contributed by atoms with Gasteiger partial charge in [-0.2, -0.15) is 5.10 Å². The number of ether oxygens (including phenoxy) is 1. The maximum absolute atomic E-state index is 5.42. The number of aromatic nitrogens is 3. The normalized spacial score (nSPS) is 16.8. The first-order chi connectivity index (χ1) is 13.8. The second-order valence-electron chi connectivity index (χ2n) is 7.31. The number of nitrogens with one attached hydrogen (secondary N) is 3. The van der Waals surface area contributed by atoms with Crippen molar-refractivity contribution in [1.82, 2.24) is 15.2 Å². The molecule has 1 saturated heterocycles. The minimum Gasteiger partial charge on any atom is -0.378 e. The first-order valence-electron chi connectivity index (χ1n) is 9.82. The van der Waals surface area contributed by atoms with Crippen LogP contribution in [0.1, 0.15) is 24.5 Å². The molecule has 1 aliphatic heterocycles. The Hall–Kier alpha value is -3.06. The summed E-state index contributed by atoms with van der Waals surface area (Å²) in [5, 5.41) is 14.2. The molecule has 0 radical (unpaired) electrons. The number of hydrogen-bond donors (Lipinski definition) is 3. The molecule has 1 aromatic carbocycles. The molecule has 1 saturated carbocycles. The summed E-state index contributed by atoms with van der Waals surface area (Å²) in [4.78, 5) is 6.77. The van der Waals surface area contributed by atoms with Gasteiger partial charge >= 0.3 is 0 Å².